The van der Waals surface area contributed by atoms with Crippen LogP contribution in [0, 0.1) is 0 Å². The lowest BCUT2D eigenvalue weighted by molar-refractivity contribution is -0.136. The fourth-order valence-electron chi connectivity index (χ4n) is 1.35. The minimum Gasteiger partial charge on any atom is -0.481 e. The van der Waals surface area contributed by atoms with Crippen molar-refractivity contribution in [3.8, 4) is 0 Å². The van der Waals surface area contributed by atoms with Crippen molar-refractivity contribution in [2.24, 2.45) is 0 Å². The van der Waals surface area contributed by atoms with Gasteiger partial charge in [-0.25, -0.2) is 0 Å². The summed E-state index contributed by atoms with van der Waals surface area (Å²) in [4.78, 5) is 10.6. The Morgan fingerprint density at radius 3 is 2.72 bits per heavy atom. The number of hydrogen-bond donors (Lipinski definition) is 3. The fourth-order valence-corrected chi connectivity index (χ4v) is 2.33. The van der Waals surface area contributed by atoms with E-state index in [1.165, 1.54) is 6.07 Å². The summed E-state index contributed by atoms with van der Waals surface area (Å²) in [6, 6.07) is 6.30. The molecular formula is C11H16N2O4S. The number of aliphatic carboxylic acids is 1. The van der Waals surface area contributed by atoms with Gasteiger partial charge in [-0.2, -0.15) is 13.1 Å². The van der Waals surface area contributed by atoms with Crippen molar-refractivity contribution in [1.82, 2.24) is 4.72 Å². The summed E-state index contributed by atoms with van der Waals surface area (Å²) in [6.07, 6.45) is 0.553. The van der Waals surface area contributed by atoms with Crippen molar-refractivity contribution in [3.63, 3.8) is 0 Å². The van der Waals surface area contributed by atoms with E-state index < -0.39 is 16.2 Å². The SMILES string of the molecule is CCCNS(=O)(=O)Nc1cccc(CC(=O)O)c1. The zero-order valence-corrected chi connectivity index (χ0v) is 10.8. The maximum Gasteiger partial charge on any atom is 0.307 e. The smallest absolute Gasteiger partial charge is 0.307 e. The van der Waals surface area contributed by atoms with Gasteiger partial charge in [0.05, 0.1) is 12.1 Å². The van der Waals surface area contributed by atoms with Crippen LogP contribution in [0.2, 0.25) is 0 Å². The first-order chi connectivity index (χ1) is 8.43. The monoisotopic (exact) mass is 272 g/mol. The largest absolute Gasteiger partial charge is 0.481 e. The number of anilines is 1. The Labute approximate surface area is 106 Å². The van der Waals surface area contributed by atoms with E-state index in [-0.39, 0.29) is 6.42 Å². The second-order valence-electron chi connectivity index (χ2n) is 3.77. The van der Waals surface area contributed by atoms with Crippen LogP contribution in [0.15, 0.2) is 24.3 Å². The molecule has 3 N–H and O–H groups in total. The number of carboxylic acids is 1. The zero-order chi connectivity index (χ0) is 13.6. The molecule has 1 rings (SSSR count). The molecule has 100 valence electrons. The van der Waals surface area contributed by atoms with E-state index in [9.17, 15) is 13.2 Å². The molecule has 0 heterocycles. The van der Waals surface area contributed by atoms with E-state index in [1.807, 2.05) is 6.92 Å². The Hall–Kier alpha value is -1.60. The Balaban J connectivity index is 2.75. The second-order valence-corrected chi connectivity index (χ2v) is 5.27. The third kappa shape index (κ3) is 5.15. The highest BCUT2D eigenvalue weighted by atomic mass is 32.2. The lowest BCUT2D eigenvalue weighted by Gasteiger charge is -2.09. The first kappa shape index (κ1) is 14.5. The minimum atomic E-state index is -3.59. The molecule has 0 saturated heterocycles. The first-order valence-electron chi connectivity index (χ1n) is 5.51. The summed E-state index contributed by atoms with van der Waals surface area (Å²) in [7, 11) is -3.59. The number of carboxylic acid groups (broad SMARTS) is 1. The molecule has 0 spiro atoms. The van der Waals surface area contributed by atoms with Crippen LogP contribution in [-0.2, 0) is 21.4 Å². The molecule has 18 heavy (non-hydrogen) atoms. The summed E-state index contributed by atoms with van der Waals surface area (Å²) in [5, 5.41) is 8.66. The molecule has 6 nitrogen and oxygen atoms in total. The fraction of sp³-hybridized carbons (Fsp3) is 0.364. The summed E-state index contributed by atoms with van der Waals surface area (Å²) in [6.45, 7) is 2.21. The van der Waals surface area contributed by atoms with Gasteiger partial charge in [-0.1, -0.05) is 19.1 Å². The topological polar surface area (TPSA) is 95.5 Å². The molecule has 0 atom stereocenters. The van der Waals surface area contributed by atoms with Gasteiger partial charge in [0.2, 0.25) is 0 Å². The van der Waals surface area contributed by atoms with Gasteiger partial charge in [-0.05, 0) is 24.1 Å². The van der Waals surface area contributed by atoms with Crippen LogP contribution in [0.5, 0.6) is 0 Å². The van der Waals surface area contributed by atoms with Gasteiger partial charge >= 0.3 is 5.97 Å². The number of carbonyl (C=O) groups is 1. The molecule has 0 aliphatic carbocycles. The number of hydrogen-bond acceptors (Lipinski definition) is 3. The molecular weight excluding hydrogens is 256 g/mol. The van der Waals surface area contributed by atoms with Gasteiger partial charge in [-0.3, -0.25) is 9.52 Å². The highest BCUT2D eigenvalue weighted by Gasteiger charge is 2.09. The molecule has 0 radical (unpaired) electrons. The van der Waals surface area contributed by atoms with Crippen LogP contribution >= 0.6 is 0 Å². The number of benzene rings is 1. The van der Waals surface area contributed by atoms with E-state index in [4.69, 9.17) is 5.11 Å². The van der Waals surface area contributed by atoms with E-state index in [2.05, 4.69) is 9.44 Å². The predicted octanol–water partition coefficient (Wildman–Crippen LogP) is 0.970. The van der Waals surface area contributed by atoms with Gasteiger partial charge in [0, 0.05) is 6.54 Å². The van der Waals surface area contributed by atoms with Crippen molar-refractivity contribution in [2.45, 2.75) is 19.8 Å². The highest BCUT2D eigenvalue weighted by molar-refractivity contribution is 7.90. The van der Waals surface area contributed by atoms with Crippen molar-refractivity contribution in [2.75, 3.05) is 11.3 Å². The van der Waals surface area contributed by atoms with Gasteiger partial charge in [0.1, 0.15) is 0 Å². The molecule has 0 fully saturated rings. The predicted molar refractivity (Wildman–Crippen MR) is 68.6 cm³/mol. The zero-order valence-electron chi connectivity index (χ0n) is 10.0. The Kier molecular flexibility index (Phi) is 5.11. The first-order valence-corrected chi connectivity index (χ1v) is 6.99. The average Bonchev–Trinajstić information content (AvgIpc) is 2.25. The van der Waals surface area contributed by atoms with Crippen LogP contribution < -0.4 is 9.44 Å². The van der Waals surface area contributed by atoms with Gasteiger partial charge in [-0.15, -0.1) is 0 Å². The maximum atomic E-state index is 11.6. The molecule has 1 aromatic rings. The van der Waals surface area contributed by atoms with Crippen molar-refractivity contribution in [1.29, 1.82) is 0 Å². The Morgan fingerprint density at radius 1 is 1.39 bits per heavy atom. The summed E-state index contributed by atoms with van der Waals surface area (Å²) in [5.74, 6) is -0.959. The molecule has 0 saturated carbocycles. The maximum absolute atomic E-state index is 11.6. The third-order valence-corrected chi connectivity index (χ3v) is 3.17. The van der Waals surface area contributed by atoms with Crippen LogP contribution in [0.1, 0.15) is 18.9 Å². The molecule has 0 aromatic heterocycles. The number of nitrogens with one attached hydrogen (secondary N) is 2. The van der Waals surface area contributed by atoms with E-state index in [0.29, 0.717) is 24.2 Å². The third-order valence-electron chi connectivity index (χ3n) is 2.08. The van der Waals surface area contributed by atoms with Gasteiger partial charge in [0.15, 0.2) is 0 Å². The van der Waals surface area contributed by atoms with E-state index in [0.717, 1.165) is 0 Å². The summed E-state index contributed by atoms with van der Waals surface area (Å²) >= 11 is 0. The van der Waals surface area contributed by atoms with Gasteiger partial charge < -0.3 is 5.11 Å². The second kappa shape index (κ2) is 6.36. The van der Waals surface area contributed by atoms with Crippen molar-refractivity contribution >= 4 is 21.9 Å². The molecule has 7 heteroatoms. The molecule has 0 amide bonds. The van der Waals surface area contributed by atoms with Crippen LogP contribution in [-0.4, -0.2) is 26.0 Å². The molecule has 0 unspecified atom stereocenters. The Morgan fingerprint density at radius 2 is 2.11 bits per heavy atom. The molecule has 1 aromatic carbocycles. The van der Waals surface area contributed by atoms with Gasteiger partial charge in [0.25, 0.3) is 10.2 Å². The van der Waals surface area contributed by atoms with E-state index >= 15 is 0 Å². The summed E-state index contributed by atoms with van der Waals surface area (Å²) < 4.78 is 27.8. The van der Waals surface area contributed by atoms with Crippen molar-refractivity contribution < 1.29 is 18.3 Å². The van der Waals surface area contributed by atoms with Crippen molar-refractivity contribution in [3.05, 3.63) is 29.8 Å². The lowest BCUT2D eigenvalue weighted by atomic mass is 10.1. The molecule has 0 aliphatic rings. The van der Waals surface area contributed by atoms with Crippen LogP contribution in [0.4, 0.5) is 5.69 Å². The van der Waals surface area contributed by atoms with Crippen LogP contribution in [0.25, 0.3) is 0 Å². The normalized spacial score (nSPS) is 11.2. The van der Waals surface area contributed by atoms with E-state index in [1.54, 1.807) is 18.2 Å². The standard InChI is InChI=1S/C11H16N2O4S/c1-2-6-12-18(16,17)13-10-5-3-4-9(7-10)8-11(14)15/h3-5,7,12-13H,2,6,8H2,1H3,(H,14,15). The molecule has 0 aliphatic heterocycles. The van der Waals surface area contributed by atoms with Crippen LogP contribution in [0.3, 0.4) is 0 Å². The Bertz CT molecular complexity index is 514. The quantitative estimate of drug-likeness (QED) is 0.689. The minimum absolute atomic E-state index is 0.141. The molecule has 0 bridgehead atoms. The highest BCUT2D eigenvalue weighted by Crippen LogP contribution is 2.12. The summed E-state index contributed by atoms with van der Waals surface area (Å²) in [5.41, 5.74) is 0.885. The number of rotatable bonds is 7. The lowest BCUT2D eigenvalue weighted by Crippen LogP contribution is -2.30. The average molecular weight is 272 g/mol.